The van der Waals surface area contributed by atoms with Crippen molar-refractivity contribution in [3.63, 3.8) is 0 Å². The molecule has 1 atom stereocenters. The highest BCUT2D eigenvalue weighted by Crippen LogP contribution is 2.23. The number of hydrogen-bond acceptors (Lipinski definition) is 5. The summed E-state index contributed by atoms with van der Waals surface area (Å²) in [7, 11) is 0. The molecule has 0 saturated heterocycles. The predicted octanol–water partition coefficient (Wildman–Crippen LogP) is 3.33. The number of rotatable bonds is 7. The van der Waals surface area contributed by atoms with E-state index in [1.807, 2.05) is 17.5 Å². The van der Waals surface area contributed by atoms with E-state index in [4.69, 9.17) is 10.2 Å². The number of primary amides is 1. The van der Waals surface area contributed by atoms with E-state index in [2.05, 4.69) is 16.0 Å². The molecule has 28 heavy (non-hydrogen) atoms. The van der Waals surface area contributed by atoms with Crippen LogP contribution in [0.25, 0.3) is 0 Å². The van der Waals surface area contributed by atoms with Gasteiger partial charge in [-0.25, -0.2) is 4.79 Å². The van der Waals surface area contributed by atoms with E-state index in [1.165, 1.54) is 17.6 Å². The number of furan rings is 1. The standard InChI is InChI=1S/C19H18N4O4S/c20-19(26)23-14(16-4-2-10-28-16)11-17(24)21-12-5-7-13(8-6-12)22-18(25)15-3-1-9-27-15/h1-10,14H,11H2,(H,21,24)(H,22,25)(H3,20,23,26). The van der Waals surface area contributed by atoms with E-state index in [0.29, 0.717) is 11.4 Å². The van der Waals surface area contributed by atoms with Crippen molar-refractivity contribution in [2.45, 2.75) is 12.5 Å². The van der Waals surface area contributed by atoms with Gasteiger partial charge in [0.1, 0.15) is 0 Å². The molecule has 2 aromatic heterocycles. The summed E-state index contributed by atoms with van der Waals surface area (Å²) in [5.74, 6) is -0.434. The van der Waals surface area contributed by atoms with E-state index >= 15 is 0 Å². The number of hydrogen-bond donors (Lipinski definition) is 4. The first kappa shape index (κ1) is 19.2. The van der Waals surface area contributed by atoms with Gasteiger partial charge in [0, 0.05) is 16.3 Å². The van der Waals surface area contributed by atoms with Crippen LogP contribution in [-0.4, -0.2) is 17.8 Å². The van der Waals surface area contributed by atoms with Crippen molar-refractivity contribution in [1.29, 1.82) is 0 Å². The van der Waals surface area contributed by atoms with E-state index in [1.54, 1.807) is 36.4 Å². The van der Waals surface area contributed by atoms with Gasteiger partial charge in [0.25, 0.3) is 5.91 Å². The van der Waals surface area contributed by atoms with Crippen LogP contribution < -0.4 is 21.7 Å². The summed E-state index contributed by atoms with van der Waals surface area (Å²) in [4.78, 5) is 36.3. The van der Waals surface area contributed by atoms with Gasteiger partial charge in [0.2, 0.25) is 5.91 Å². The molecular formula is C19H18N4O4S. The molecule has 4 amide bonds. The zero-order valence-electron chi connectivity index (χ0n) is 14.7. The average Bonchev–Trinajstić information content (AvgIpc) is 3.36. The second kappa shape index (κ2) is 8.87. The maximum absolute atomic E-state index is 12.3. The van der Waals surface area contributed by atoms with E-state index in [-0.39, 0.29) is 24.0 Å². The lowest BCUT2D eigenvalue weighted by molar-refractivity contribution is -0.116. The molecule has 2 heterocycles. The van der Waals surface area contributed by atoms with Crippen LogP contribution in [0.15, 0.2) is 64.6 Å². The molecular weight excluding hydrogens is 380 g/mol. The predicted molar refractivity (Wildman–Crippen MR) is 106 cm³/mol. The van der Waals surface area contributed by atoms with Gasteiger partial charge >= 0.3 is 6.03 Å². The minimum atomic E-state index is -0.692. The fraction of sp³-hybridized carbons (Fsp3) is 0.105. The third-order valence-corrected chi connectivity index (χ3v) is 4.75. The first-order valence-corrected chi connectivity index (χ1v) is 9.23. The monoisotopic (exact) mass is 398 g/mol. The van der Waals surface area contributed by atoms with Crippen molar-refractivity contribution >= 4 is 40.6 Å². The second-order valence-corrected chi connectivity index (χ2v) is 6.82. The highest BCUT2D eigenvalue weighted by molar-refractivity contribution is 7.10. The number of carbonyl (C=O) groups is 3. The molecule has 9 heteroatoms. The Morgan fingerprint density at radius 1 is 1.00 bits per heavy atom. The molecule has 3 rings (SSSR count). The zero-order valence-corrected chi connectivity index (χ0v) is 15.5. The Bertz CT molecular complexity index is 937. The number of anilines is 2. The smallest absolute Gasteiger partial charge is 0.312 e. The van der Waals surface area contributed by atoms with Gasteiger partial charge in [-0.2, -0.15) is 0 Å². The van der Waals surface area contributed by atoms with Crippen molar-refractivity contribution in [3.05, 3.63) is 70.8 Å². The molecule has 8 nitrogen and oxygen atoms in total. The molecule has 0 fully saturated rings. The molecule has 144 valence electrons. The molecule has 0 spiro atoms. The molecule has 0 aliphatic carbocycles. The van der Waals surface area contributed by atoms with Crippen LogP contribution >= 0.6 is 11.3 Å². The zero-order chi connectivity index (χ0) is 19.9. The molecule has 1 aromatic carbocycles. The molecule has 0 saturated carbocycles. The molecule has 1 unspecified atom stereocenters. The van der Waals surface area contributed by atoms with E-state index in [9.17, 15) is 14.4 Å². The lowest BCUT2D eigenvalue weighted by Crippen LogP contribution is -2.34. The normalized spacial score (nSPS) is 11.4. The minimum absolute atomic E-state index is 0.0421. The Morgan fingerprint density at radius 2 is 1.71 bits per heavy atom. The Morgan fingerprint density at radius 3 is 2.29 bits per heavy atom. The van der Waals surface area contributed by atoms with Gasteiger partial charge in [0.05, 0.1) is 18.7 Å². The largest absolute Gasteiger partial charge is 0.459 e. The first-order valence-electron chi connectivity index (χ1n) is 8.35. The van der Waals surface area contributed by atoms with Gasteiger partial charge < -0.3 is 26.1 Å². The number of amides is 4. The van der Waals surface area contributed by atoms with Crippen molar-refractivity contribution in [3.8, 4) is 0 Å². The quantitative estimate of drug-likeness (QED) is 0.487. The van der Waals surface area contributed by atoms with Crippen LogP contribution in [0.2, 0.25) is 0 Å². The SMILES string of the molecule is NC(=O)NC(CC(=O)Nc1ccc(NC(=O)c2ccco2)cc1)c1cccs1. The van der Waals surface area contributed by atoms with Gasteiger partial charge in [-0.15, -0.1) is 11.3 Å². The van der Waals surface area contributed by atoms with E-state index in [0.717, 1.165) is 4.88 Å². The van der Waals surface area contributed by atoms with Crippen molar-refractivity contribution in [2.75, 3.05) is 10.6 Å². The third-order valence-electron chi connectivity index (χ3n) is 3.76. The molecule has 3 aromatic rings. The van der Waals surface area contributed by atoms with Crippen molar-refractivity contribution < 1.29 is 18.8 Å². The van der Waals surface area contributed by atoms with Crippen LogP contribution in [0.3, 0.4) is 0 Å². The lowest BCUT2D eigenvalue weighted by Gasteiger charge is -2.16. The summed E-state index contributed by atoms with van der Waals surface area (Å²) in [6.07, 6.45) is 1.46. The Labute approximate surface area is 164 Å². The summed E-state index contributed by atoms with van der Waals surface area (Å²) in [6.45, 7) is 0. The van der Waals surface area contributed by atoms with Crippen molar-refractivity contribution in [1.82, 2.24) is 5.32 Å². The summed E-state index contributed by atoms with van der Waals surface area (Å²) in [5, 5.41) is 9.88. The van der Waals surface area contributed by atoms with E-state index < -0.39 is 12.1 Å². The highest BCUT2D eigenvalue weighted by atomic mass is 32.1. The summed E-state index contributed by atoms with van der Waals surface area (Å²) in [5.41, 5.74) is 6.32. The fourth-order valence-corrected chi connectivity index (χ4v) is 3.30. The van der Waals surface area contributed by atoms with Crippen LogP contribution in [-0.2, 0) is 4.79 Å². The molecule has 0 radical (unpaired) electrons. The summed E-state index contributed by atoms with van der Waals surface area (Å²) >= 11 is 1.43. The molecule has 0 bridgehead atoms. The van der Waals surface area contributed by atoms with Gasteiger partial charge in [0.15, 0.2) is 5.76 Å². The fourth-order valence-electron chi connectivity index (χ4n) is 2.52. The lowest BCUT2D eigenvalue weighted by atomic mass is 10.1. The highest BCUT2D eigenvalue weighted by Gasteiger charge is 2.18. The molecule has 0 aliphatic heterocycles. The maximum atomic E-state index is 12.3. The Hall–Kier alpha value is -3.59. The van der Waals surface area contributed by atoms with Crippen LogP contribution in [0.4, 0.5) is 16.2 Å². The van der Waals surface area contributed by atoms with Gasteiger partial charge in [-0.3, -0.25) is 9.59 Å². The molecule has 5 N–H and O–H groups in total. The van der Waals surface area contributed by atoms with Crippen LogP contribution in [0, 0.1) is 0 Å². The topological polar surface area (TPSA) is 126 Å². The number of carbonyl (C=O) groups excluding carboxylic acids is 3. The van der Waals surface area contributed by atoms with Gasteiger partial charge in [-0.1, -0.05) is 6.07 Å². The van der Waals surface area contributed by atoms with Crippen molar-refractivity contribution in [2.24, 2.45) is 5.73 Å². The average molecular weight is 398 g/mol. The summed E-state index contributed by atoms with van der Waals surface area (Å²) in [6, 6.07) is 12.3. The van der Waals surface area contributed by atoms with Crippen LogP contribution in [0.5, 0.6) is 0 Å². The number of thiophene rings is 1. The Kier molecular flexibility index (Phi) is 6.07. The second-order valence-electron chi connectivity index (χ2n) is 5.84. The van der Waals surface area contributed by atoms with Crippen LogP contribution in [0.1, 0.15) is 27.9 Å². The van der Waals surface area contributed by atoms with Gasteiger partial charge in [-0.05, 0) is 47.8 Å². The Balaban J connectivity index is 1.57. The number of urea groups is 1. The number of benzene rings is 1. The number of nitrogens with one attached hydrogen (secondary N) is 3. The third kappa shape index (κ3) is 5.21. The first-order chi connectivity index (χ1) is 13.5. The maximum Gasteiger partial charge on any atom is 0.312 e. The minimum Gasteiger partial charge on any atom is -0.459 e. The number of nitrogens with two attached hydrogens (primary N) is 1. The molecule has 0 aliphatic rings. The summed E-state index contributed by atoms with van der Waals surface area (Å²) < 4.78 is 5.03.